The monoisotopic (exact) mass is 431 g/mol. The van der Waals surface area contributed by atoms with Crippen LogP contribution in [0.3, 0.4) is 0 Å². The summed E-state index contributed by atoms with van der Waals surface area (Å²) >= 11 is 3.00. The molecular weight excluding hydrogens is 409 g/mol. The SMILES string of the molecule is CN(C)c1ccc([C@@H]2NC[C@H](CSc3nnc(Nc4ccccc4F)s3)O2)cc1. The van der Waals surface area contributed by atoms with Gasteiger partial charge in [0.1, 0.15) is 12.0 Å². The van der Waals surface area contributed by atoms with Crippen LogP contribution in [0.5, 0.6) is 0 Å². The van der Waals surface area contributed by atoms with Gasteiger partial charge in [-0.05, 0) is 29.8 Å². The first-order valence-electron chi connectivity index (χ1n) is 9.22. The zero-order valence-electron chi connectivity index (χ0n) is 16.1. The number of hydrogen-bond donors (Lipinski definition) is 2. The average molecular weight is 432 g/mol. The summed E-state index contributed by atoms with van der Waals surface area (Å²) in [4.78, 5) is 2.07. The standard InChI is InChI=1S/C20H22FN5OS2/c1-26(2)14-9-7-13(8-10-14)18-22-11-15(27-18)12-28-20-25-24-19(29-20)23-17-6-4-3-5-16(17)21/h3-10,15,18,22H,11-12H2,1-2H3,(H,23,24)/t15-,18-/m1/s1. The van der Waals surface area contributed by atoms with E-state index in [4.69, 9.17) is 4.74 Å². The Balaban J connectivity index is 1.28. The molecule has 0 spiro atoms. The molecule has 1 aliphatic rings. The number of hydrogen-bond acceptors (Lipinski definition) is 8. The van der Waals surface area contributed by atoms with Gasteiger partial charge in [0.05, 0.1) is 11.8 Å². The molecule has 3 aromatic rings. The maximum atomic E-state index is 13.7. The number of ether oxygens (including phenoxy) is 1. The van der Waals surface area contributed by atoms with Gasteiger partial charge in [0.15, 0.2) is 4.34 Å². The highest BCUT2D eigenvalue weighted by Gasteiger charge is 2.26. The lowest BCUT2D eigenvalue weighted by atomic mass is 10.2. The van der Waals surface area contributed by atoms with Crippen molar-refractivity contribution in [1.29, 1.82) is 0 Å². The van der Waals surface area contributed by atoms with Crippen molar-refractivity contribution in [3.63, 3.8) is 0 Å². The molecule has 4 rings (SSSR count). The first kappa shape index (κ1) is 20.1. The van der Waals surface area contributed by atoms with Gasteiger partial charge in [-0.25, -0.2) is 4.39 Å². The zero-order chi connectivity index (χ0) is 20.2. The van der Waals surface area contributed by atoms with Crippen molar-refractivity contribution in [1.82, 2.24) is 15.5 Å². The molecule has 0 unspecified atom stereocenters. The molecule has 1 fully saturated rings. The third-order valence-electron chi connectivity index (χ3n) is 4.49. The minimum atomic E-state index is -0.313. The lowest BCUT2D eigenvalue weighted by Gasteiger charge is -2.16. The highest BCUT2D eigenvalue weighted by molar-refractivity contribution is 8.01. The molecule has 29 heavy (non-hydrogen) atoms. The van der Waals surface area contributed by atoms with Gasteiger partial charge < -0.3 is 15.0 Å². The minimum absolute atomic E-state index is 0.0883. The number of halogens is 1. The number of benzene rings is 2. The van der Waals surface area contributed by atoms with Gasteiger partial charge in [-0.2, -0.15) is 0 Å². The van der Waals surface area contributed by atoms with Crippen LogP contribution in [0.4, 0.5) is 20.9 Å². The Hall–Kier alpha value is -2.20. The molecule has 0 aliphatic carbocycles. The second-order valence-corrected chi connectivity index (χ2v) is 9.07. The van der Waals surface area contributed by atoms with Crippen LogP contribution >= 0.6 is 23.1 Å². The summed E-state index contributed by atoms with van der Waals surface area (Å²) in [5, 5.41) is 15.2. The Labute approximate surface area is 177 Å². The predicted molar refractivity (Wildman–Crippen MR) is 117 cm³/mol. The van der Waals surface area contributed by atoms with Crippen molar-refractivity contribution in [2.75, 3.05) is 36.6 Å². The molecule has 6 nitrogen and oxygen atoms in total. The molecule has 2 N–H and O–H groups in total. The normalized spacial score (nSPS) is 18.7. The van der Waals surface area contributed by atoms with Crippen LogP contribution < -0.4 is 15.5 Å². The third kappa shape index (κ3) is 5.05. The molecule has 1 saturated heterocycles. The molecule has 1 aliphatic heterocycles. The van der Waals surface area contributed by atoms with Crippen LogP contribution in [-0.4, -0.2) is 42.7 Å². The van der Waals surface area contributed by atoms with Crippen LogP contribution in [-0.2, 0) is 4.74 Å². The number of anilines is 3. The molecule has 0 saturated carbocycles. The Bertz CT molecular complexity index is 950. The van der Waals surface area contributed by atoms with Crippen LogP contribution in [0, 0.1) is 5.82 Å². The summed E-state index contributed by atoms with van der Waals surface area (Å²) in [5.41, 5.74) is 2.68. The van der Waals surface area contributed by atoms with E-state index in [1.54, 1.807) is 30.0 Å². The van der Waals surface area contributed by atoms with Gasteiger partial charge in [0.2, 0.25) is 5.13 Å². The smallest absolute Gasteiger partial charge is 0.210 e. The Morgan fingerprint density at radius 1 is 1.21 bits per heavy atom. The number of thioether (sulfide) groups is 1. The van der Waals surface area contributed by atoms with Crippen molar-refractivity contribution < 1.29 is 9.13 Å². The number of rotatable bonds is 7. The van der Waals surface area contributed by atoms with Gasteiger partial charge in [-0.1, -0.05) is 47.4 Å². The van der Waals surface area contributed by atoms with Gasteiger partial charge in [0, 0.05) is 32.1 Å². The highest BCUT2D eigenvalue weighted by atomic mass is 32.2. The topological polar surface area (TPSA) is 62.3 Å². The Morgan fingerprint density at radius 3 is 2.76 bits per heavy atom. The van der Waals surface area contributed by atoms with Crippen molar-refractivity contribution in [2.24, 2.45) is 0 Å². The average Bonchev–Trinajstić information content (AvgIpc) is 3.38. The van der Waals surface area contributed by atoms with Gasteiger partial charge in [-0.3, -0.25) is 5.32 Å². The molecule has 0 amide bonds. The fraction of sp³-hybridized carbons (Fsp3) is 0.300. The lowest BCUT2D eigenvalue weighted by molar-refractivity contribution is 0.0535. The van der Waals surface area contributed by atoms with Crippen LogP contribution in [0.15, 0.2) is 52.9 Å². The highest BCUT2D eigenvalue weighted by Crippen LogP contribution is 2.31. The van der Waals surface area contributed by atoms with Crippen LogP contribution in [0.25, 0.3) is 0 Å². The Morgan fingerprint density at radius 2 is 2.00 bits per heavy atom. The van der Waals surface area contributed by atoms with Crippen molar-refractivity contribution >= 4 is 39.6 Å². The number of para-hydroxylation sites is 1. The molecule has 2 atom stereocenters. The summed E-state index contributed by atoms with van der Waals surface area (Å²) in [7, 11) is 4.05. The van der Waals surface area contributed by atoms with E-state index in [1.807, 2.05) is 14.1 Å². The first-order valence-corrected chi connectivity index (χ1v) is 11.0. The van der Waals surface area contributed by atoms with Gasteiger partial charge in [0.25, 0.3) is 0 Å². The van der Waals surface area contributed by atoms with E-state index in [1.165, 1.54) is 17.4 Å². The van der Waals surface area contributed by atoms with E-state index >= 15 is 0 Å². The molecule has 1 aromatic heterocycles. The summed E-state index contributed by atoms with van der Waals surface area (Å²) < 4.78 is 20.7. The summed E-state index contributed by atoms with van der Waals surface area (Å²) in [6.07, 6.45) is -0.00471. The second-order valence-electron chi connectivity index (χ2n) is 6.82. The summed E-state index contributed by atoms with van der Waals surface area (Å²) in [5.74, 6) is 0.458. The molecule has 9 heteroatoms. The number of nitrogens with one attached hydrogen (secondary N) is 2. The minimum Gasteiger partial charge on any atom is -0.378 e. The fourth-order valence-electron chi connectivity index (χ4n) is 2.93. The Kier molecular flexibility index (Phi) is 6.29. The van der Waals surface area contributed by atoms with Crippen LogP contribution in [0.2, 0.25) is 0 Å². The van der Waals surface area contributed by atoms with Crippen LogP contribution in [0.1, 0.15) is 11.8 Å². The van der Waals surface area contributed by atoms with Gasteiger partial charge in [-0.15, -0.1) is 10.2 Å². The quantitative estimate of drug-likeness (QED) is 0.542. The second kappa shape index (κ2) is 9.08. The van der Waals surface area contributed by atoms with Crippen molar-refractivity contribution in [3.05, 3.63) is 59.9 Å². The van der Waals surface area contributed by atoms with E-state index < -0.39 is 0 Å². The largest absolute Gasteiger partial charge is 0.378 e. The molecule has 0 radical (unpaired) electrons. The van der Waals surface area contributed by atoms with E-state index in [2.05, 4.69) is 50.0 Å². The molecule has 0 bridgehead atoms. The maximum absolute atomic E-state index is 13.7. The first-order chi connectivity index (χ1) is 14.1. The maximum Gasteiger partial charge on any atom is 0.210 e. The third-order valence-corrected chi connectivity index (χ3v) is 6.59. The number of aromatic nitrogens is 2. The molecule has 152 valence electrons. The fourth-order valence-corrected chi connectivity index (χ4v) is 4.72. The van der Waals surface area contributed by atoms with E-state index in [9.17, 15) is 4.39 Å². The van der Waals surface area contributed by atoms with E-state index in [-0.39, 0.29) is 18.1 Å². The van der Waals surface area contributed by atoms with E-state index in [0.29, 0.717) is 10.8 Å². The predicted octanol–water partition coefficient (Wildman–Crippen LogP) is 4.27. The summed E-state index contributed by atoms with van der Waals surface area (Å²) in [6.45, 7) is 0.784. The van der Waals surface area contributed by atoms with Crippen molar-refractivity contribution in [3.8, 4) is 0 Å². The molecule has 2 aromatic carbocycles. The van der Waals surface area contributed by atoms with E-state index in [0.717, 1.165) is 27.9 Å². The van der Waals surface area contributed by atoms with Crippen molar-refractivity contribution in [2.45, 2.75) is 16.7 Å². The number of nitrogens with zero attached hydrogens (tertiary/aromatic N) is 3. The molecule has 2 heterocycles. The summed E-state index contributed by atoms with van der Waals surface area (Å²) in [6, 6.07) is 14.9. The molecular formula is C20H22FN5OS2. The lowest BCUT2D eigenvalue weighted by Crippen LogP contribution is -2.16. The zero-order valence-corrected chi connectivity index (χ0v) is 17.8. The van der Waals surface area contributed by atoms with Gasteiger partial charge >= 0.3 is 0 Å².